The van der Waals surface area contributed by atoms with E-state index in [4.69, 9.17) is 9.47 Å². The number of nitrogens with one attached hydrogen (secondary N) is 2. The maximum atomic E-state index is 13.1. The Balaban J connectivity index is 1.64. The highest BCUT2D eigenvalue weighted by Gasteiger charge is 2.38. The van der Waals surface area contributed by atoms with E-state index in [1.165, 1.54) is 0 Å². The molecule has 0 aliphatic heterocycles. The van der Waals surface area contributed by atoms with Gasteiger partial charge in [0.1, 0.15) is 24.9 Å². The second-order valence-corrected chi connectivity index (χ2v) is 10.8. The summed E-state index contributed by atoms with van der Waals surface area (Å²) in [5.41, 5.74) is 1.97. The van der Waals surface area contributed by atoms with Gasteiger partial charge in [-0.05, 0) is 29.0 Å². The zero-order chi connectivity index (χ0) is 32.1. The fourth-order valence-corrected chi connectivity index (χ4v) is 4.47. The van der Waals surface area contributed by atoms with Crippen molar-refractivity contribution in [2.24, 2.45) is 5.92 Å². The van der Waals surface area contributed by atoms with Crippen LogP contribution in [-0.4, -0.2) is 75.4 Å². The van der Waals surface area contributed by atoms with Crippen LogP contribution in [0.5, 0.6) is 0 Å². The van der Waals surface area contributed by atoms with Crippen LogP contribution in [0.25, 0.3) is 0 Å². The van der Waals surface area contributed by atoms with Gasteiger partial charge in [0.05, 0.1) is 12.6 Å². The zero-order valence-electron chi connectivity index (χ0n) is 24.7. The van der Waals surface area contributed by atoms with E-state index in [0.717, 1.165) is 5.56 Å². The molecule has 5 unspecified atom stereocenters. The average molecular weight is 609 g/mol. The monoisotopic (exact) mass is 608 g/mol. The van der Waals surface area contributed by atoms with E-state index in [9.17, 15) is 34.8 Å². The molecule has 0 saturated carbocycles. The Labute approximate surface area is 256 Å². The third-order valence-electron chi connectivity index (χ3n) is 6.82. The minimum Gasteiger partial charge on any atom is -0.451 e. The van der Waals surface area contributed by atoms with Gasteiger partial charge in [-0.1, -0.05) is 105 Å². The summed E-state index contributed by atoms with van der Waals surface area (Å²) in [5, 5.41) is 46.9. The number of rotatable bonds is 15. The standard InChI is InChI=1S/C33H40N2O9/c1-21(2)18-25(35-33(42)43-20-22-12-6-3-7-13-22)31(40)34-26(19-36)27(37)28(38)29(39)32(41)44-30(23-14-8-4-9-15-23)24-16-10-5-11-17-24/h3-17,21,25-30,36-39H,18-20H2,1-2H3,(H,34,40)(H,35,42). The number of hydrogen-bond donors (Lipinski definition) is 6. The number of carbonyl (C=O) groups is 3. The molecule has 6 N–H and O–H groups in total. The van der Waals surface area contributed by atoms with E-state index in [1.54, 1.807) is 84.9 Å². The number of hydrogen-bond acceptors (Lipinski definition) is 9. The highest BCUT2D eigenvalue weighted by molar-refractivity contribution is 5.86. The van der Waals surface area contributed by atoms with E-state index in [-0.39, 0.29) is 18.9 Å². The summed E-state index contributed by atoms with van der Waals surface area (Å²) in [6, 6.07) is 23.9. The van der Waals surface area contributed by atoms with Crippen LogP contribution in [0.15, 0.2) is 91.0 Å². The predicted octanol–water partition coefficient (Wildman–Crippen LogP) is 2.22. The fraction of sp³-hybridized carbons (Fsp3) is 0.364. The van der Waals surface area contributed by atoms with Crippen LogP contribution in [0.1, 0.15) is 43.1 Å². The molecule has 3 aromatic carbocycles. The van der Waals surface area contributed by atoms with E-state index < -0.39 is 61.1 Å². The zero-order valence-corrected chi connectivity index (χ0v) is 24.7. The first-order chi connectivity index (χ1) is 21.1. The van der Waals surface area contributed by atoms with E-state index in [0.29, 0.717) is 11.1 Å². The molecule has 5 atom stereocenters. The Kier molecular flexibility index (Phi) is 13.3. The summed E-state index contributed by atoms with van der Waals surface area (Å²) in [5.74, 6) is -2.04. The van der Waals surface area contributed by atoms with Crippen molar-refractivity contribution in [1.29, 1.82) is 0 Å². The summed E-state index contributed by atoms with van der Waals surface area (Å²) in [7, 11) is 0. The number of esters is 1. The summed E-state index contributed by atoms with van der Waals surface area (Å²) in [4.78, 5) is 38.5. The van der Waals surface area contributed by atoms with Gasteiger partial charge in [0.2, 0.25) is 5.91 Å². The SMILES string of the molecule is CC(C)CC(NC(=O)OCc1ccccc1)C(=O)NC(CO)C(O)C(O)C(O)C(=O)OC(c1ccccc1)c1ccccc1. The molecule has 0 heterocycles. The Morgan fingerprint density at radius 2 is 1.27 bits per heavy atom. The van der Waals surface area contributed by atoms with Gasteiger partial charge in [-0.25, -0.2) is 9.59 Å². The lowest BCUT2D eigenvalue weighted by Crippen LogP contribution is -2.58. The van der Waals surface area contributed by atoms with Gasteiger partial charge in [-0.15, -0.1) is 0 Å². The van der Waals surface area contributed by atoms with Gasteiger partial charge in [0.25, 0.3) is 0 Å². The van der Waals surface area contributed by atoms with Crippen molar-refractivity contribution in [3.8, 4) is 0 Å². The van der Waals surface area contributed by atoms with Crippen molar-refractivity contribution in [2.75, 3.05) is 6.61 Å². The molecular formula is C33H40N2O9. The number of benzene rings is 3. The Morgan fingerprint density at radius 1 is 0.750 bits per heavy atom. The molecule has 0 spiro atoms. The van der Waals surface area contributed by atoms with Crippen LogP contribution in [-0.2, 0) is 25.7 Å². The molecule has 0 fully saturated rings. The van der Waals surface area contributed by atoms with Crippen LogP contribution in [0, 0.1) is 5.92 Å². The first kappa shape index (κ1) is 34.2. The minimum absolute atomic E-state index is 0.0176. The Hall–Kier alpha value is -4.29. The lowest BCUT2D eigenvalue weighted by molar-refractivity contribution is -0.170. The number of amides is 2. The van der Waals surface area contributed by atoms with Gasteiger partial charge in [0, 0.05) is 0 Å². The predicted molar refractivity (Wildman–Crippen MR) is 161 cm³/mol. The van der Waals surface area contributed by atoms with Crippen molar-refractivity contribution in [2.45, 2.75) is 63.4 Å². The number of aliphatic hydroxyl groups is 4. The fourth-order valence-electron chi connectivity index (χ4n) is 4.47. The largest absolute Gasteiger partial charge is 0.451 e. The average Bonchev–Trinajstić information content (AvgIpc) is 3.04. The summed E-state index contributed by atoms with van der Waals surface area (Å²) in [6.07, 6.45) is -7.91. The molecular weight excluding hydrogens is 568 g/mol. The quantitative estimate of drug-likeness (QED) is 0.141. The Bertz CT molecular complexity index is 1270. The van der Waals surface area contributed by atoms with Gasteiger partial charge in [0.15, 0.2) is 12.2 Å². The summed E-state index contributed by atoms with van der Waals surface area (Å²) < 4.78 is 10.8. The van der Waals surface area contributed by atoms with Crippen molar-refractivity contribution < 1.29 is 44.3 Å². The van der Waals surface area contributed by atoms with Gasteiger partial charge in [-0.3, -0.25) is 4.79 Å². The molecule has 0 saturated heterocycles. The van der Waals surface area contributed by atoms with Crippen molar-refractivity contribution in [3.05, 3.63) is 108 Å². The van der Waals surface area contributed by atoms with Crippen LogP contribution >= 0.6 is 0 Å². The van der Waals surface area contributed by atoms with E-state index >= 15 is 0 Å². The van der Waals surface area contributed by atoms with Crippen molar-refractivity contribution in [1.82, 2.24) is 10.6 Å². The molecule has 11 nitrogen and oxygen atoms in total. The molecule has 2 amide bonds. The minimum atomic E-state index is -2.22. The summed E-state index contributed by atoms with van der Waals surface area (Å²) in [6.45, 7) is 2.80. The van der Waals surface area contributed by atoms with Crippen molar-refractivity contribution in [3.63, 3.8) is 0 Å². The van der Waals surface area contributed by atoms with Crippen LogP contribution < -0.4 is 10.6 Å². The van der Waals surface area contributed by atoms with Crippen LogP contribution in [0.3, 0.4) is 0 Å². The first-order valence-electron chi connectivity index (χ1n) is 14.3. The third kappa shape index (κ3) is 10.2. The normalized spacial score (nSPS) is 14.6. The number of carbonyl (C=O) groups excluding carboxylic acids is 3. The highest BCUT2D eigenvalue weighted by Crippen LogP contribution is 2.27. The maximum absolute atomic E-state index is 13.1. The molecule has 0 bridgehead atoms. The first-order valence-corrected chi connectivity index (χ1v) is 14.3. The highest BCUT2D eigenvalue weighted by atomic mass is 16.6. The summed E-state index contributed by atoms with van der Waals surface area (Å²) >= 11 is 0. The lowest BCUT2D eigenvalue weighted by atomic mass is 9.98. The molecule has 11 heteroatoms. The molecule has 0 aliphatic rings. The molecule has 3 rings (SSSR count). The Morgan fingerprint density at radius 3 is 1.77 bits per heavy atom. The molecule has 0 radical (unpaired) electrons. The molecule has 3 aromatic rings. The number of aliphatic hydroxyl groups excluding tert-OH is 4. The molecule has 0 aliphatic carbocycles. The number of ether oxygens (including phenoxy) is 2. The maximum Gasteiger partial charge on any atom is 0.408 e. The van der Waals surface area contributed by atoms with Gasteiger partial charge >= 0.3 is 12.1 Å². The second kappa shape index (κ2) is 17.1. The van der Waals surface area contributed by atoms with Crippen molar-refractivity contribution >= 4 is 18.0 Å². The van der Waals surface area contributed by atoms with Gasteiger partial charge in [-0.2, -0.15) is 0 Å². The number of alkyl carbamates (subject to hydrolysis) is 1. The topological polar surface area (TPSA) is 175 Å². The van der Waals surface area contributed by atoms with E-state index in [2.05, 4.69) is 10.6 Å². The lowest BCUT2D eigenvalue weighted by Gasteiger charge is -2.30. The van der Waals surface area contributed by atoms with Crippen LogP contribution in [0.4, 0.5) is 4.79 Å². The second-order valence-electron chi connectivity index (χ2n) is 10.8. The third-order valence-corrected chi connectivity index (χ3v) is 6.82. The van der Waals surface area contributed by atoms with Crippen LogP contribution in [0.2, 0.25) is 0 Å². The smallest absolute Gasteiger partial charge is 0.408 e. The van der Waals surface area contributed by atoms with E-state index in [1.807, 2.05) is 19.9 Å². The molecule has 236 valence electrons. The molecule has 0 aromatic heterocycles. The van der Waals surface area contributed by atoms with Gasteiger partial charge < -0.3 is 40.5 Å². The molecule has 44 heavy (non-hydrogen) atoms.